The highest BCUT2D eigenvalue weighted by atomic mass is 16.2. The molecule has 1 aromatic rings. The predicted octanol–water partition coefficient (Wildman–Crippen LogP) is 2.20. The molecule has 2 unspecified atom stereocenters. The van der Waals surface area contributed by atoms with Gasteiger partial charge in [0, 0.05) is 77.1 Å². The molecule has 4 amide bonds. The zero-order valence-electron chi connectivity index (χ0n) is 19.6. The SMILES string of the molecule is CN(Cc1cccnc1)C(=O)C1CCN(C(=O)N2CC3CC(C2)[C@H]2CCCC(=O)N2C3)CC1. The van der Waals surface area contributed by atoms with Crippen molar-refractivity contribution in [3.8, 4) is 0 Å². The van der Waals surface area contributed by atoms with Crippen molar-refractivity contribution in [3.05, 3.63) is 30.1 Å². The molecule has 3 atom stereocenters. The van der Waals surface area contributed by atoms with E-state index in [0.29, 0.717) is 62.7 Å². The number of nitrogens with zero attached hydrogens (tertiary/aromatic N) is 5. The molecule has 0 saturated carbocycles. The molecule has 2 bridgehead atoms. The first-order chi connectivity index (χ1) is 16.0. The van der Waals surface area contributed by atoms with Gasteiger partial charge in [0.1, 0.15) is 0 Å². The Morgan fingerprint density at radius 1 is 1.12 bits per heavy atom. The number of hydrogen-bond donors (Lipinski definition) is 0. The molecule has 5 heterocycles. The minimum atomic E-state index is -0.0294. The lowest BCUT2D eigenvalue weighted by atomic mass is 9.76. The first-order valence-electron chi connectivity index (χ1n) is 12.5. The van der Waals surface area contributed by atoms with E-state index in [-0.39, 0.29) is 17.9 Å². The third-order valence-electron chi connectivity index (χ3n) is 8.08. The van der Waals surface area contributed by atoms with Gasteiger partial charge in [-0.05, 0) is 55.6 Å². The summed E-state index contributed by atoms with van der Waals surface area (Å²) in [5, 5.41) is 0. The van der Waals surface area contributed by atoms with E-state index in [1.165, 1.54) is 0 Å². The van der Waals surface area contributed by atoms with Crippen LogP contribution in [0, 0.1) is 17.8 Å². The van der Waals surface area contributed by atoms with E-state index in [2.05, 4.69) is 9.88 Å². The van der Waals surface area contributed by atoms with Crippen LogP contribution in [0.1, 0.15) is 44.1 Å². The summed E-state index contributed by atoms with van der Waals surface area (Å²) in [7, 11) is 1.85. The molecule has 8 nitrogen and oxygen atoms in total. The van der Waals surface area contributed by atoms with E-state index in [0.717, 1.165) is 44.5 Å². The zero-order chi connectivity index (χ0) is 22.9. The van der Waals surface area contributed by atoms with Crippen LogP contribution in [0.25, 0.3) is 0 Å². The van der Waals surface area contributed by atoms with Gasteiger partial charge in [-0.15, -0.1) is 0 Å². The first kappa shape index (κ1) is 22.2. The van der Waals surface area contributed by atoms with E-state index < -0.39 is 0 Å². The number of urea groups is 1. The lowest BCUT2D eigenvalue weighted by molar-refractivity contribution is -0.144. The number of amides is 4. The van der Waals surface area contributed by atoms with Crippen molar-refractivity contribution in [1.29, 1.82) is 0 Å². The van der Waals surface area contributed by atoms with E-state index >= 15 is 0 Å². The van der Waals surface area contributed by atoms with E-state index in [4.69, 9.17) is 0 Å². The number of fused-ring (bicyclic) bond motifs is 4. The molecule has 0 aliphatic carbocycles. The number of pyridine rings is 1. The molecule has 0 N–H and O–H groups in total. The van der Waals surface area contributed by atoms with Gasteiger partial charge in [0.2, 0.25) is 11.8 Å². The number of carbonyl (C=O) groups excluding carboxylic acids is 3. The fourth-order valence-corrected chi connectivity index (χ4v) is 6.44. The summed E-state index contributed by atoms with van der Waals surface area (Å²) in [6, 6.07) is 4.30. The minimum Gasteiger partial charge on any atom is -0.341 e. The summed E-state index contributed by atoms with van der Waals surface area (Å²) in [6.07, 6.45) is 8.83. The van der Waals surface area contributed by atoms with Gasteiger partial charge in [-0.2, -0.15) is 0 Å². The smallest absolute Gasteiger partial charge is 0.320 e. The van der Waals surface area contributed by atoms with Crippen LogP contribution in [-0.4, -0.2) is 88.2 Å². The number of likely N-dealkylation sites (tertiary alicyclic amines) is 2. The van der Waals surface area contributed by atoms with Crippen LogP contribution in [0.2, 0.25) is 0 Å². The van der Waals surface area contributed by atoms with Crippen molar-refractivity contribution in [2.24, 2.45) is 17.8 Å². The molecule has 1 aromatic heterocycles. The normalized spacial score (nSPS) is 27.8. The van der Waals surface area contributed by atoms with Gasteiger partial charge in [-0.3, -0.25) is 14.6 Å². The number of piperidine rings is 4. The number of hydrogen-bond acceptors (Lipinski definition) is 4. The van der Waals surface area contributed by atoms with Crippen molar-refractivity contribution in [3.63, 3.8) is 0 Å². The lowest BCUT2D eigenvalue weighted by Gasteiger charge is -2.53. The van der Waals surface area contributed by atoms with Gasteiger partial charge in [0.15, 0.2) is 0 Å². The minimum absolute atomic E-state index is 0.0294. The highest BCUT2D eigenvalue weighted by molar-refractivity contribution is 5.80. The van der Waals surface area contributed by atoms with Gasteiger partial charge < -0.3 is 19.6 Å². The molecule has 0 aromatic carbocycles. The fraction of sp³-hybridized carbons (Fsp3) is 0.680. The van der Waals surface area contributed by atoms with E-state index in [1.807, 2.05) is 29.0 Å². The molecular weight excluding hydrogens is 418 g/mol. The molecule has 4 fully saturated rings. The Morgan fingerprint density at radius 3 is 2.70 bits per heavy atom. The maximum absolute atomic E-state index is 13.3. The standard InChI is InChI=1S/C25H35N5O3/c1-27(14-18-4-3-9-26-13-18)24(32)20-7-10-28(11-8-20)25(33)29-15-19-12-21(17-29)22-5-2-6-23(31)30(22)16-19/h3-4,9,13,19-22H,2,5-8,10-12,14-17H2,1H3/t19?,21?,22-/m1/s1. The van der Waals surface area contributed by atoms with Crippen molar-refractivity contribution in [2.75, 3.05) is 39.8 Å². The monoisotopic (exact) mass is 453 g/mol. The van der Waals surface area contributed by atoms with Crippen LogP contribution in [0.3, 0.4) is 0 Å². The summed E-state index contributed by atoms with van der Waals surface area (Å²) in [5.41, 5.74) is 1.02. The van der Waals surface area contributed by atoms with E-state index in [9.17, 15) is 14.4 Å². The van der Waals surface area contributed by atoms with Crippen LogP contribution in [0.4, 0.5) is 4.79 Å². The number of rotatable bonds is 3. The van der Waals surface area contributed by atoms with Gasteiger partial charge >= 0.3 is 6.03 Å². The van der Waals surface area contributed by atoms with Crippen molar-refractivity contribution < 1.29 is 14.4 Å². The molecule has 4 saturated heterocycles. The summed E-state index contributed by atoms with van der Waals surface area (Å²) >= 11 is 0. The summed E-state index contributed by atoms with van der Waals surface area (Å²) < 4.78 is 0. The van der Waals surface area contributed by atoms with Crippen LogP contribution in [-0.2, 0) is 16.1 Å². The topological polar surface area (TPSA) is 77.1 Å². The van der Waals surface area contributed by atoms with Crippen LogP contribution < -0.4 is 0 Å². The quantitative estimate of drug-likeness (QED) is 0.703. The maximum Gasteiger partial charge on any atom is 0.320 e. The second-order valence-electron chi connectivity index (χ2n) is 10.4. The third-order valence-corrected chi connectivity index (χ3v) is 8.08. The third kappa shape index (κ3) is 4.57. The summed E-state index contributed by atoms with van der Waals surface area (Å²) in [4.78, 5) is 50.6. The van der Waals surface area contributed by atoms with Crippen molar-refractivity contribution >= 4 is 17.8 Å². The predicted molar refractivity (Wildman–Crippen MR) is 123 cm³/mol. The molecule has 8 heteroatoms. The molecule has 0 spiro atoms. The highest BCUT2D eigenvalue weighted by Gasteiger charge is 2.45. The molecule has 4 aliphatic rings. The van der Waals surface area contributed by atoms with Gasteiger partial charge in [0.25, 0.3) is 0 Å². The Balaban J connectivity index is 1.13. The fourth-order valence-electron chi connectivity index (χ4n) is 6.44. The van der Waals surface area contributed by atoms with Gasteiger partial charge in [0.05, 0.1) is 0 Å². The van der Waals surface area contributed by atoms with Crippen LogP contribution in [0.5, 0.6) is 0 Å². The Morgan fingerprint density at radius 2 is 1.94 bits per heavy atom. The molecule has 4 aliphatic heterocycles. The van der Waals surface area contributed by atoms with Crippen molar-refractivity contribution in [2.45, 2.75) is 51.1 Å². The Bertz CT molecular complexity index is 885. The van der Waals surface area contributed by atoms with Gasteiger partial charge in [-0.1, -0.05) is 6.07 Å². The molecule has 0 radical (unpaired) electrons. The second-order valence-corrected chi connectivity index (χ2v) is 10.4. The Hall–Kier alpha value is -2.64. The average molecular weight is 454 g/mol. The molecule has 33 heavy (non-hydrogen) atoms. The number of aromatic nitrogens is 1. The summed E-state index contributed by atoms with van der Waals surface area (Å²) in [6.45, 7) is 4.15. The Kier molecular flexibility index (Phi) is 6.25. The van der Waals surface area contributed by atoms with Crippen molar-refractivity contribution in [1.82, 2.24) is 24.6 Å². The average Bonchev–Trinajstić information content (AvgIpc) is 2.84. The maximum atomic E-state index is 13.3. The Labute approximate surface area is 195 Å². The van der Waals surface area contributed by atoms with Gasteiger partial charge in [-0.25, -0.2) is 4.79 Å². The second kappa shape index (κ2) is 9.31. The van der Waals surface area contributed by atoms with Crippen LogP contribution >= 0.6 is 0 Å². The highest BCUT2D eigenvalue weighted by Crippen LogP contribution is 2.38. The molecule has 5 rings (SSSR count). The molecule has 178 valence electrons. The van der Waals surface area contributed by atoms with E-state index in [1.54, 1.807) is 17.3 Å². The first-order valence-corrected chi connectivity index (χ1v) is 12.5. The molecular formula is C25H35N5O3. The largest absolute Gasteiger partial charge is 0.341 e. The number of carbonyl (C=O) groups is 3. The zero-order valence-corrected chi connectivity index (χ0v) is 19.6. The lowest BCUT2D eigenvalue weighted by Crippen LogP contribution is -2.62. The van der Waals surface area contributed by atoms with Crippen LogP contribution in [0.15, 0.2) is 24.5 Å². The summed E-state index contributed by atoms with van der Waals surface area (Å²) in [5.74, 6) is 1.23.